The zero-order valence-corrected chi connectivity index (χ0v) is 34.6. The van der Waals surface area contributed by atoms with E-state index in [9.17, 15) is 19.0 Å². The van der Waals surface area contributed by atoms with Gasteiger partial charge in [0.05, 0.1) is 6.61 Å². The normalized spacial score (nSPS) is 13.7. The summed E-state index contributed by atoms with van der Waals surface area (Å²) in [5, 5.41) is 0. The van der Waals surface area contributed by atoms with Gasteiger partial charge >= 0.3 is 19.8 Å². The van der Waals surface area contributed by atoms with Gasteiger partial charge in [0.1, 0.15) is 6.61 Å². The molecule has 0 saturated heterocycles. The van der Waals surface area contributed by atoms with Gasteiger partial charge in [0.2, 0.25) is 0 Å². The van der Waals surface area contributed by atoms with Crippen molar-refractivity contribution >= 4 is 19.8 Å². The first-order chi connectivity index (χ1) is 25.3. The van der Waals surface area contributed by atoms with Gasteiger partial charge in [-0.2, -0.15) is 0 Å². The maximum Gasteiger partial charge on any atom is 0.472 e. The molecule has 0 fully saturated rings. The molecular weight excluding hydrogens is 675 g/mol. The molecule has 52 heavy (non-hydrogen) atoms. The Morgan fingerprint density at radius 1 is 0.558 bits per heavy atom. The highest BCUT2D eigenvalue weighted by molar-refractivity contribution is 7.47. The number of rotatable bonds is 39. The lowest BCUT2D eigenvalue weighted by Gasteiger charge is -2.19. The van der Waals surface area contributed by atoms with E-state index in [2.05, 4.69) is 54.8 Å². The molecule has 9 heteroatoms. The molecule has 0 saturated carbocycles. The average molecular weight is 755 g/mol. The number of phosphoric acid groups is 1. The molecule has 8 nitrogen and oxygen atoms in total. The van der Waals surface area contributed by atoms with Gasteiger partial charge in [-0.05, 0) is 44.9 Å². The summed E-state index contributed by atoms with van der Waals surface area (Å²) in [6, 6.07) is 0. The molecule has 2 atom stereocenters. The number of phosphoric ester groups is 1. The van der Waals surface area contributed by atoms with Gasteiger partial charge in [-0.1, -0.05) is 179 Å². The maximum absolute atomic E-state index is 12.5. The Hall–Kier alpha value is -1.73. The van der Waals surface area contributed by atoms with E-state index < -0.39 is 26.5 Å². The standard InChI is InChI=1S/C43H79O8P/c1-4-6-8-10-12-14-16-18-20-21-22-24-25-27-29-31-33-35-37-42(44)49-39-41(40-50-52(46,47)48-3)51-43(45)38-36-34-32-30-28-26-23-19-17-15-13-11-9-7-5-2/h7,9,13,15,19,23,41H,4-6,8,10-12,14,16-18,20-22,24-40H2,1-3H3,(H,46,47)/b9-7-,15-13-,23-19-. The molecule has 0 rings (SSSR count). The summed E-state index contributed by atoms with van der Waals surface area (Å²) in [5.74, 6) is -0.817. The van der Waals surface area contributed by atoms with E-state index in [-0.39, 0.29) is 19.0 Å². The molecule has 0 aliphatic rings. The lowest BCUT2D eigenvalue weighted by atomic mass is 10.0. The summed E-state index contributed by atoms with van der Waals surface area (Å²) in [5.41, 5.74) is 0. The number of ether oxygens (including phenoxy) is 2. The van der Waals surface area contributed by atoms with E-state index in [4.69, 9.17) is 14.0 Å². The van der Waals surface area contributed by atoms with E-state index in [1.165, 1.54) is 96.3 Å². The summed E-state index contributed by atoms with van der Waals surface area (Å²) in [4.78, 5) is 34.4. The second-order valence-electron chi connectivity index (χ2n) is 14.1. The van der Waals surface area contributed by atoms with Crippen LogP contribution in [-0.4, -0.2) is 43.3 Å². The minimum atomic E-state index is -4.26. The Morgan fingerprint density at radius 2 is 0.981 bits per heavy atom. The van der Waals surface area contributed by atoms with Crippen LogP contribution in [0.15, 0.2) is 36.5 Å². The van der Waals surface area contributed by atoms with Crippen LogP contribution >= 0.6 is 7.82 Å². The topological polar surface area (TPSA) is 108 Å². The van der Waals surface area contributed by atoms with Crippen molar-refractivity contribution < 1.29 is 37.6 Å². The first kappa shape index (κ1) is 50.3. The van der Waals surface area contributed by atoms with E-state index in [1.54, 1.807) is 0 Å². The van der Waals surface area contributed by atoms with Crippen LogP contribution < -0.4 is 0 Å². The Balaban J connectivity index is 3.99. The number of hydrogen-bond acceptors (Lipinski definition) is 7. The summed E-state index contributed by atoms with van der Waals surface area (Å²) in [7, 11) is -3.20. The highest BCUT2D eigenvalue weighted by Gasteiger charge is 2.24. The van der Waals surface area contributed by atoms with E-state index >= 15 is 0 Å². The minimum absolute atomic E-state index is 0.227. The van der Waals surface area contributed by atoms with Crippen LogP contribution in [0.1, 0.15) is 200 Å². The Morgan fingerprint density at radius 3 is 1.46 bits per heavy atom. The number of unbranched alkanes of at least 4 members (excludes halogenated alkanes) is 22. The lowest BCUT2D eigenvalue weighted by Crippen LogP contribution is -2.29. The molecule has 0 heterocycles. The van der Waals surface area contributed by atoms with Crippen LogP contribution in [0.4, 0.5) is 0 Å². The van der Waals surface area contributed by atoms with Gasteiger partial charge in [-0.25, -0.2) is 4.57 Å². The van der Waals surface area contributed by atoms with Crippen LogP contribution in [0.25, 0.3) is 0 Å². The first-order valence-electron chi connectivity index (χ1n) is 21.2. The van der Waals surface area contributed by atoms with E-state index in [1.807, 2.05) is 0 Å². The van der Waals surface area contributed by atoms with Gasteiger partial charge in [0.15, 0.2) is 6.10 Å². The second-order valence-corrected chi connectivity index (χ2v) is 15.7. The zero-order chi connectivity index (χ0) is 38.2. The van der Waals surface area contributed by atoms with Crippen LogP contribution in [-0.2, 0) is 32.7 Å². The Bertz CT molecular complexity index is 947. The van der Waals surface area contributed by atoms with Crippen molar-refractivity contribution in [2.24, 2.45) is 0 Å². The zero-order valence-electron chi connectivity index (χ0n) is 33.7. The number of esters is 2. The molecule has 0 amide bonds. The molecule has 0 spiro atoms. The van der Waals surface area contributed by atoms with Crippen molar-refractivity contribution in [3.05, 3.63) is 36.5 Å². The number of carbonyl (C=O) groups is 2. The maximum atomic E-state index is 12.5. The van der Waals surface area contributed by atoms with Crippen LogP contribution in [0.5, 0.6) is 0 Å². The fourth-order valence-electron chi connectivity index (χ4n) is 5.91. The monoisotopic (exact) mass is 755 g/mol. The third kappa shape index (κ3) is 38.0. The second kappa shape index (κ2) is 39.0. The van der Waals surface area contributed by atoms with Gasteiger partial charge in [0.25, 0.3) is 0 Å². The van der Waals surface area contributed by atoms with E-state index in [0.717, 1.165) is 77.7 Å². The number of hydrogen-bond donors (Lipinski definition) is 1. The molecule has 0 aliphatic heterocycles. The SMILES string of the molecule is CC/C=C\C/C=C\C/C=C\CCCCCCCC(=O)OC(COC(=O)CCCCCCCCCCCCCCCCCCCC)COP(=O)(O)OC. The largest absolute Gasteiger partial charge is 0.472 e. The van der Waals surface area contributed by atoms with Gasteiger partial charge < -0.3 is 14.4 Å². The molecule has 0 aromatic rings. The Labute approximate surface area is 319 Å². The summed E-state index contributed by atoms with van der Waals surface area (Å²) >= 11 is 0. The van der Waals surface area contributed by atoms with Crippen molar-refractivity contribution in [2.45, 2.75) is 206 Å². The van der Waals surface area contributed by atoms with Crippen molar-refractivity contribution in [3.8, 4) is 0 Å². The smallest absolute Gasteiger partial charge is 0.462 e. The van der Waals surface area contributed by atoms with Crippen LogP contribution in [0, 0.1) is 0 Å². The van der Waals surface area contributed by atoms with Gasteiger partial charge in [-0.3, -0.25) is 18.6 Å². The van der Waals surface area contributed by atoms with Crippen LogP contribution in [0.3, 0.4) is 0 Å². The van der Waals surface area contributed by atoms with Crippen molar-refractivity contribution in [2.75, 3.05) is 20.3 Å². The van der Waals surface area contributed by atoms with Gasteiger partial charge in [-0.15, -0.1) is 0 Å². The first-order valence-corrected chi connectivity index (χ1v) is 22.7. The highest BCUT2D eigenvalue weighted by atomic mass is 31.2. The molecule has 0 aromatic carbocycles. The third-order valence-electron chi connectivity index (χ3n) is 9.15. The summed E-state index contributed by atoms with van der Waals surface area (Å²) in [6.07, 6.45) is 44.8. The average Bonchev–Trinajstić information content (AvgIpc) is 3.13. The van der Waals surface area contributed by atoms with Crippen LogP contribution in [0.2, 0.25) is 0 Å². The summed E-state index contributed by atoms with van der Waals surface area (Å²) < 4.78 is 32.0. The molecule has 0 radical (unpaired) electrons. The fraction of sp³-hybridized carbons (Fsp3) is 0.814. The molecular formula is C43H79O8P. The predicted octanol–water partition coefficient (Wildman–Crippen LogP) is 13.2. The molecule has 1 N–H and O–H groups in total. The van der Waals surface area contributed by atoms with E-state index in [0.29, 0.717) is 12.8 Å². The predicted molar refractivity (Wildman–Crippen MR) is 216 cm³/mol. The lowest BCUT2D eigenvalue weighted by molar-refractivity contribution is -0.161. The number of carbonyl (C=O) groups excluding carboxylic acids is 2. The Kier molecular flexibility index (Phi) is 37.7. The molecule has 0 bridgehead atoms. The quantitative estimate of drug-likeness (QED) is 0.0286. The van der Waals surface area contributed by atoms with Crippen molar-refractivity contribution in [1.29, 1.82) is 0 Å². The van der Waals surface area contributed by atoms with Gasteiger partial charge in [0, 0.05) is 20.0 Å². The molecule has 304 valence electrons. The molecule has 0 aliphatic carbocycles. The van der Waals surface area contributed by atoms with Crippen molar-refractivity contribution in [3.63, 3.8) is 0 Å². The summed E-state index contributed by atoms with van der Waals surface area (Å²) in [6.45, 7) is 3.78. The van der Waals surface area contributed by atoms with Crippen molar-refractivity contribution in [1.82, 2.24) is 0 Å². The number of allylic oxidation sites excluding steroid dienone is 6. The molecule has 0 aromatic heterocycles. The minimum Gasteiger partial charge on any atom is -0.462 e. The molecule has 2 unspecified atom stereocenters. The fourth-order valence-corrected chi connectivity index (χ4v) is 6.37. The highest BCUT2D eigenvalue weighted by Crippen LogP contribution is 2.42. The third-order valence-corrected chi connectivity index (χ3v) is 10.1.